The molecule has 3 N–H and O–H groups in total. The zero-order valence-corrected chi connectivity index (χ0v) is 8.92. The van der Waals surface area contributed by atoms with E-state index in [1.165, 1.54) is 0 Å². The van der Waals surface area contributed by atoms with Gasteiger partial charge in [0.25, 0.3) is 5.56 Å². The van der Waals surface area contributed by atoms with Crippen molar-refractivity contribution in [2.24, 2.45) is 0 Å². The third-order valence-electron chi connectivity index (χ3n) is 2.64. The van der Waals surface area contributed by atoms with Gasteiger partial charge < -0.3 is 11.1 Å². The molecule has 0 bridgehead atoms. The molecule has 82 valence electrons. The lowest BCUT2D eigenvalue weighted by Gasteiger charge is -2.20. The van der Waals surface area contributed by atoms with Crippen LogP contribution in [-0.4, -0.2) is 16.1 Å². The van der Waals surface area contributed by atoms with Crippen LogP contribution in [0.3, 0.4) is 0 Å². The van der Waals surface area contributed by atoms with Crippen molar-refractivity contribution >= 4 is 11.8 Å². The van der Waals surface area contributed by atoms with E-state index in [0.717, 1.165) is 25.9 Å². The van der Waals surface area contributed by atoms with Crippen molar-refractivity contribution in [2.75, 3.05) is 17.6 Å². The molecule has 0 saturated heterocycles. The Hall–Kier alpha value is -1.52. The number of anilines is 2. The van der Waals surface area contributed by atoms with E-state index in [4.69, 9.17) is 5.73 Å². The minimum Gasteiger partial charge on any atom is -0.383 e. The molecule has 0 amide bonds. The van der Waals surface area contributed by atoms with E-state index < -0.39 is 0 Å². The van der Waals surface area contributed by atoms with Crippen molar-refractivity contribution in [2.45, 2.75) is 32.7 Å². The van der Waals surface area contributed by atoms with E-state index in [9.17, 15) is 4.79 Å². The Morgan fingerprint density at radius 3 is 3.13 bits per heavy atom. The summed E-state index contributed by atoms with van der Waals surface area (Å²) in [6.07, 6.45) is 2.58. The average molecular weight is 208 g/mol. The maximum atomic E-state index is 12.0. The molecule has 0 radical (unpaired) electrons. The van der Waals surface area contributed by atoms with Crippen molar-refractivity contribution in [3.63, 3.8) is 0 Å². The van der Waals surface area contributed by atoms with Crippen molar-refractivity contribution in [3.8, 4) is 0 Å². The zero-order valence-electron chi connectivity index (χ0n) is 8.92. The number of nitrogen functional groups attached to an aromatic ring is 1. The third kappa shape index (κ3) is 1.69. The van der Waals surface area contributed by atoms with Crippen LogP contribution in [0, 0.1) is 0 Å². The Bertz CT molecular complexity index is 424. The van der Waals surface area contributed by atoms with Gasteiger partial charge in [0.15, 0.2) is 0 Å². The van der Waals surface area contributed by atoms with Crippen molar-refractivity contribution in [1.82, 2.24) is 9.55 Å². The fourth-order valence-electron chi connectivity index (χ4n) is 1.88. The summed E-state index contributed by atoms with van der Waals surface area (Å²) >= 11 is 0. The molecular formula is C10H16N4O. The predicted molar refractivity (Wildman–Crippen MR) is 60.0 cm³/mol. The van der Waals surface area contributed by atoms with E-state index in [2.05, 4.69) is 10.3 Å². The molecular weight excluding hydrogens is 192 g/mol. The van der Waals surface area contributed by atoms with Gasteiger partial charge in [0.05, 0.1) is 5.56 Å². The molecule has 1 aromatic heterocycles. The molecule has 0 aromatic carbocycles. The average Bonchev–Trinajstić information content (AvgIpc) is 2.24. The summed E-state index contributed by atoms with van der Waals surface area (Å²) in [4.78, 5) is 16.3. The van der Waals surface area contributed by atoms with E-state index in [1.54, 1.807) is 4.57 Å². The summed E-state index contributed by atoms with van der Waals surface area (Å²) in [5, 5.41) is 3.09. The fourth-order valence-corrected chi connectivity index (χ4v) is 1.88. The van der Waals surface area contributed by atoms with Gasteiger partial charge in [-0.2, -0.15) is 4.98 Å². The highest BCUT2D eigenvalue weighted by Crippen LogP contribution is 2.14. The number of aromatic nitrogens is 2. The van der Waals surface area contributed by atoms with Gasteiger partial charge in [0.1, 0.15) is 5.82 Å². The topological polar surface area (TPSA) is 72.9 Å². The summed E-state index contributed by atoms with van der Waals surface area (Å²) in [6.45, 7) is 3.63. The van der Waals surface area contributed by atoms with Gasteiger partial charge in [0.2, 0.25) is 5.95 Å². The predicted octanol–water partition coefficient (Wildman–Crippen LogP) is 0.594. The van der Waals surface area contributed by atoms with Gasteiger partial charge in [-0.25, -0.2) is 0 Å². The van der Waals surface area contributed by atoms with E-state index in [0.29, 0.717) is 23.8 Å². The van der Waals surface area contributed by atoms with Crippen LogP contribution in [-0.2, 0) is 13.0 Å². The van der Waals surface area contributed by atoms with E-state index >= 15 is 0 Å². The molecule has 5 heteroatoms. The minimum atomic E-state index is 0.0200. The van der Waals surface area contributed by atoms with Crippen LogP contribution in [0.2, 0.25) is 0 Å². The lowest BCUT2D eigenvalue weighted by atomic mass is 10.2. The van der Waals surface area contributed by atoms with Crippen LogP contribution in [0.1, 0.15) is 25.3 Å². The third-order valence-corrected chi connectivity index (χ3v) is 2.64. The van der Waals surface area contributed by atoms with Gasteiger partial charge in [0, 0.05) is 13.1 Å². The van der Waals surface area contributed by atoms with Crippen LogP contribution in [0.4, 0.5) is 11.8 Å². The van der Waals surface area contributed by atoms with Gasteiger partial charge in [-0.1, -0.05) is 13.3 Å². The summed E-state index contributed by atoms with van der Waals surface area (Å²) in [7, 11) is 0. The highest BCUT2D eigenvalue weighted by molar-refractivity contribution is 5.44. The highest BCUT2D eigenvalue weighted by Gasteiger charge is 2.16. The summed E-state index contributed by atoms with van der Waals surface area (Å²) in [5.74, 6) is 0.992. The number of nitrogens with two attached hydrogens (primary N) is 1. The zero-order chi connectivity index (χ0) is 10.8. The van der Waals surface area contributed by atoms with Crippen LogP contribution in [0.15, 0.2) is 4.79 Å². The standard InChI is InChI=1S/C10H16N4O/c1-2-4-7-8(11)13-10-12-5-3-6-14(10)9(7)15/h2-6,11H2,1H3,(H,12,13). The summed E-state index contributed by atoms with van der Waals surface area (Å²) in [5.41, 5.74) is 6.44. The molecule has 1 aliphatic heterocycles. The number of nitrogens with zero attached hydrogens (tertiary/aromatic N) is 2. The van der Waals surface area contributed by atoms with Crippen LogP contribution in [0.5, 0.6) is 0 Å². The van der Waals surface area contributed by atoms with Gasteiger partial charge in [-0.05, 0) is 12.8 Å². The second-order valence-corrected chi connectivity index (χ2v) is 3.79. The number of hydrogen-bond acceptors (Lipinski definition) is 4. The van der Waals surface area contributed by atoms with Gasteiger partial charge in [-0.15, -0.1) is 0 Å². The highest BCUT2D eigenvalue weighted by atomic mass is 16.1. The first kappa shape index (κ1) is 10.0. The minimum absolute atomic E-state index is 0.0200. The summed E-state index contributed by atoms with van der Waals surface area (Å²) in [6, 6.07) is 0. The normalized spacial score (nSPS) is 14.5. The molecule has 0 aliphatic carbocycles. The first-order valence-electron chi connectivity index (χ1n) is 5.37. The Morgan fingerprint density at radius 1 is 1.60 bits per heavy atom. The van der Waals surface area contributed by atoms with Crippen LogP contribution >= 0.6 is 0 Å². The maximum absolute atomic E-state index is 12.0. The Morgan fingerprint density at radius 2 is 2.40 bits per heavy atom. The Labute approximate surface area is 88.3 Å². The molecule has 0 saturated carbocycles. The molecule has 1 aliphatic rings. The lowest BCUT2D eigenvalue weighted by Crippen LogP contribution is -2.33. The fraction of sp³-hybridized carbons (Fsp3) is 0.600. The molecule has 2 rings (SSSR count). The molecule has 1 aromatic rings. The number of fused-ring (bicyclic) bond motifs is 1. The molecule has 0 spiro atoms. The molecule has 0 fully saturated rings. The van der Waals surface area contributed by atoms with Crippen molar-refractivity contribution in [1.29, 1.82) is 0 Å². The first-order valence-corrected chi connectivity index (χ1v) is 5.37. The van der Waals surface area contributed by atoms with Gasteiger partial charge in [-0.3, -0.25) is 9.36 Å². The first-order chi connectivity index (χ1) is 7.24. The number of nitrogens with one attached hydrogen (secondary N) is 1. The molecule has 5 nitrogen and oxygen atoms in total. The summed E-state index contributed by atoms with van der Waals surface area (Å²) < 4.78 is 1.69. The second-order valence-electron chi connectivity index (χ2n) is 3.79. The maximum Gasteiger partial charge on any atom is 0.260 e. The lowest BCUT2D eigenvalue weighted by molar-refractivity contribution is 0.590. The van der Waals surface area contributed by atoms with Crippen LogP contribution < -0.4 is 16.6 Å². The number of rotatable bonds is 2. The van der Waals surface area contributed by atoms with Gasteiger partial charge >= 0.3 is 0 Å². The van der Waals surface area contributed by atoms with Crippen molar-refractivity contribution < 1.29 is 0 Å². The van der Waals surface area contributed by atoms with E-state index in [1.807, 2.05) is 6.92 Å². The molecule has 15 heavy (non-hydrogen) atoms. The molecule has 0 unspecified atom stereocenters. The number of hydrogen-bond donors (Lipinski definition) is 2. The second kappa shape index (κ2) is 3.92. The van der Waals surface area contributed by atoms with Crippen molar-refractivity contribution in [3.05, 3.63) is 15.9 Å². The quantitative estimate of drug-likeness (QED) is 0.746. The smallest absolute Gasteiger partial charge is 0.260 e. The Balaban J connectivity index is 2.54. The SMILES string of the molecule is CCCc1c(N)nc2n(c1=O)CCCN2. The molecule has 2 heterocycles. The van der Waals surface area contributed by atoms with Crippen LogP contribution in [0.25, 0.3) is 0 Å². The monoisotopic (exact) mass is 208 g/mol. The largest absolute Gasteiger partial charge is 0.383 e. The van der Waals surface area contributed by atoms with E-state index in [-0.39, 0.29) is 5.56 Å². The molecule has 0 atom stereocenters. The Kier molecular flexibility index (Phi) is 2.62.